The van der Waals surface area contributed by atoms with Gasteiger partial charge in [0.2, 0.25) is 5.91 Å². The second kappa shape index (κ2) is 9.70. The monoisotopic (exact) mass is 411 g/mol. The lowest BCUT2D eigenvalue weighted by atomic mass is 10.2. The van der Waals surface area contributed by atoms with Crippen molar-refractivity contribution in [3.63, 3.8) is 0 Å². The third-order valence-corrected chi connectivity index (χ3v) is 5.26. The van der Waals surface area contributed by atoms with Crippen molar-refractivity contribution in [3.05, 3.63) is 54.6 Å². The fourth-order valence-corrected chi connectivity index (χ4v) is 3.75. The van der Waals surface area contributed by atoms with Crippen molar-refractivity contribution >= 4 is 39.7 Å². The lowest BCUT2D eigenvalue weighted by molar-refractivity contribution is -0.117. The molecule has 27 heavy (non-hydrogen) atoms. The van der Waals surface area contributed by atoms with Crippen molar-refractivity contribution in [2.45, 2.75) is 17.4 Å². The van der Waals surface area contributed by atoms with Crippen molar-refractivity contribution in [3.8, 4) is 0 Å². The first-order chi connectivity index (χ1) is 12.5. The molecule has 0 aliphatic carbocycles. The number of hydrogen-bond acceptors (Lipinski definition) is 5. The fourth-order valence-electron chi connectivity index (χ4n) is 2.65. The average Bonchev–Trinajstić information content (AvgIpc) is 2.63. The van der Waals surface area contributed by atoms with Crippen LogP contribution in [0.2, 0.25) is 0 Å². The Kier molecular flexibility index (Phi) is 7.61. The number of carbonyl (C=O) groups is 1. The van der Waals surface area contributed by atoms with Gasteiger partial charge in [-0.05, 0) is 30.3 Å². The molecule has 1 aliphatic rings. The van der Waals surface area contributed by atoms with E-state index in [1.807, 2.05) is 0 Å². The topological polar surface area (TPSA) is 96.5 Å². The normalized spacial score (nSPS) is 16.8. The molecule has 3 rings (SSSR count). The maximum atomic E-state index is 12.5. The Hall–Kier alpha value is -2.13. The van der Waals surface area contributed by atoms with E-state index < -0.39 is 10.0 Å². The zero-order chi connectivity index (χ0) is 18.4. The molecule has 2 aromatic carbocycles. The third kappa shape index (κ3) is 6.21. The molecule has 0 bridgehead atoms. The van der Waals surface area contributed by atoms with E-state index in [0.717, 1.165) is 6.54 Å². The van der Waals surface area contributed by atoms with Gasteiger partial charge in [0.1, 0.15) is 0 Å². The van der Waals surface area contributed by atoms with Crippen molar-refractivity contribution < 1.29 is 17.9 Å². The lowest BCUT2D eigenvalue weighted by Crippen LogP contribution is -2.43. The van der Waals surface area contributed by atoms with Crippen LogP contribution >= 0.6 is 12.4 Å². The van der Waals surface area contributed by atoms with Crippen molar-refractivity contribution in [2.24, 2.45) is 0 Å². The second-order valence-corrected chi connectivity index (χ2v) is 7.66. The van der Waals surface area contributed by atoms with E-state index in [9.17, 15) is 13.2 Å². The van der Waals surface area contributed by atoms with Crippen molar-refractivity contribution in [1.29, 1.82) is 0 Å². The lowest BCUT2D eigenvalue weighted by Gasteiger charge is -2.23. The highest BCUT2D eigenvalue weighted by Crippen LogP contribution is 2.19. The molecule has 9 heteroatoms. The molecular weight excluding hydrogens is 390 g/mol. The molecule has 2 aromatic rings. The van der Waals surface area contributed by atoms with Crippen LogP contribution < -0.4 is 15.4 Å². The molecule has 1 amide bonds. The highest BCUT2D eigenvalue weighted by Gasteiger charge is 2.18. The van der Waals surface area contributed by atoms with Crippen LogP contribution in [0, 0.1) is 0 Å². The Morgan fingerprint density at radius 3 is 2.56 bits per heavy atom. The molecule has 0 saturated carbocycles. The molecule has 1 saturated heterocycles. The minimum absolute atomic E-state index is 0. The molecule has 1 aliphatic heterocycles. The number of hydrogen-bond donors (Lipinski definition) is 3. The summed E-state index contributed by atoms with van der Waals surface area (Å²) in [7, 11) is -3.73. The quantitative estimate of drug-likeness (QED) is 0.677. The number of benzene rings is 2. The maximum absolute atomic E-state index is 12.5. The zero-order valence-corrected chi connectivity index (χ0v) is 16.2. The number of halogens is 1. The molecule has 0 aromatic heterocycles. The van der Waals surface area contributed by atoms with Gasteiger partial charge in [0.15, 0.2) is 0 Å². The summed E-state index contributed by atoms with van der Waals surface area (Å²) in [6.07, 6.45) is 0.263. The molecule has 1 fully saturated rings. The smallest absolute Gasteiger partial charge is 0.261 e. The Labute approximate surface area is 165 Å². The number of carbonyl (C=O) groups excluding carboxylic acids is 1. The summed E-state index contributed by atoms with van der Waals surface area (Å²) < 4.78 is 32.8. The molecule has 0 spiro atoms. The van der Waals surface area contributed by atoms with Crippen LogP contribution in [0.5, 0.6) is 0 Å². The third-order valence-electron chi connectivity index (χ3n) is 3.88. The summed E-state index contributed by atoms with van der Waals surface area (Å²) >= 11 is 0. The Morgan fingerprint density at radius 2 is 1.85 bits per heavy atom. The van der Waals surface area contributed by atoms with Crippen LogP contribution in [-0.4, -0.2) is 40.1 Å². The number of para-hydroxylation sites is 1. The SMILES string of the molecule is Cl.O=C(CC1COCCN1)Nc1cccc(S(=O)(=O)Nc2ccccc2)c1. The molecule has 1 unspecified atom stereocenters. The predicted molar refractivity (Wildman–Crippen MR) is 107 cm³/mol. The Bertz CT molecular complexity index is 856. The summed E-state index contributed by atoms with van der Waals surface area (Å²) in [4.78, 5) is 12.2. The summed E-state index contributed by atoms with van der Waals surface area (Å²) in [6, 6.07) is 14.8. The standard InChI is InChI=1S/C18H21N3O4S.ClH/c22-18(12-16-13-25-10-9-19-16)20-15-7-4-8-17(11-15)26(23,24)21-14-5-2-1-3-6-14;/h1-8,11,16,19,21H,9-10,12-13H2,(H,20,22);1H. The van der Waals surface area contributed by atoms with Gasteiger partial charge in [0.05, 0.1) is 18.1 Å². The van der Waals surface area contributed by atoms with E-state index in [4.69, 9.17) is 4.74 Å². The second-order valence-electron chi connectivity index (χ2n) is 5.98. The van der Waals surface area contributed by atoms with Gasteiger partial charge in [-0.1, -0.05) is 24.3 Å². The average molecular weight is 412 g/mol. The highest BCUT2D eigenvalue weighted by molar-refractivity contribution is 7.92. The van der Waals surface area contributed by atoms with E-state index in [1.165, 1.54) is 12.1 Å². The number of sulfonamides is 1. The number of ether oxygens (including phenoxy) is 1. The van der Waals surface area contributed by atoms with Crippen molar-refractivity contribution in [1.82, 2.24) is 5.32 Å². The van der Waals surface area contributed by atoms with E-state index in [0.29, 0.717) is 24.6 Å². The molecule has 7 nitrogen and oxygen atoms in total. The minimum atomic E-state index is -3.73. The number of morpholine rings is 1. The minimum Gasteiger partial charge on any atom is -0.378 e. The predicted octanol–water partition coefficient (Wildman–Crippen LogP) is 2.23. The van der Waals surface area contributed by atoms with Crippen LogP contribution in [0.3, 0.4) is 0 Å². The molecular formula is C18H22ClN3O4S. The number of rotatable bonds is 6. The van der Waals surface area contributed by atoms with E-state index in [2.05, 4.69) is 15.4 Å². The Morgan fingerprint density at radius 1 is 1.11 bits per heavy atom. The number of nitrogens with one attached hydrogen (secondary N) is 3. The van der Waals surface area contributed by atoms with Crippen LogP contribution in [0.1, 0.15) is 6.42 Å². The van der Waals surface area contributed by atoms with Crippen LogP contribution in [0.25, 0.3) is 0 Å². The molecule has 0 radical (unpaired) electrons. The van der Waals surface area contributed by atoms with Gasteiger partial charge in [0.25, 0.3) is 10.0 Å². The molecule has 1 atom stereocenters. The van der Waals surface area contributed by atoms with Crippen molar-refractivity contribution in [2.75, 3.05) is 29.8 Å². The molecule has 3 N–H and O–H groups in total. The first kappa shape index (κ1) is 21.2. The highest BCUT2D eigenvalue weighted by atomic mass is 35.5. The van der Waals surface area contributed by atoms with Gasteiger partial charge in [0, 0.05) is 30.4 Å². The Balaban J connectivity index is 0.00000261. The van der Waals surface area contributed by atoms with E-state index >= 15 is 0 Å². The van der Waals surface area contributed by atoms with E-state index in [-0.39, 0.29) is 35.7 Å². The van der Waals surface area contributed by atoms with Crippen LogP contribution in [0.4, 0.5) is 11.4 Å². The first-order valence-corrected chi connectivity index (χ1v) is 9.80. The van der Waals surface area contributed by atoms with Gasteiger partial charge in [-0.3, -0.25) is 9.52 Å². The number of anilines is 2. The van der Waals surface area contributed by atoms with Gasteiger partial charge in [-0.2, -0.15) is 0 Å². The fraction of sp³-hybridized carbons (Fsp3) is 0.278. The summed E-state index contributed by atoms with van der Waals surface area (Å²) in [5.74, 6) is -0.196. The summed E-state index contributed by atoms with van der Waals surface area (Å²) in [5, 5.41) is 5.95. The van der Waals surface area contributed by atoms with Gasteiger partial charge in [-0.15, -0.1) is 12.4 Å². The zero-order valence-electron chi connectivity index (χ0n) is 14.6. The largest absolute Gasteiger partial charge is 0.378 e. The van der Waals surface area contributed by atoms with Crippen LogP contribution in [0.15, 0.2) is 59.5 Å². The van der Waals surface area contributed by atoms with Crippen LogP contribution in [-0.2, 0) is 19.6 Å². The first-order valence-electron chi connectivity index (χ1n) is 8.32. The van der Waals surface area contributed by atoms with Gasteiger partial charge >= 0.3 is 0 Å². The van der Waals surface area contributed by atoms with E-state index in [1.54, 1.807) is 42.5 Å². The summed E-state index contributed by atoms with van der Waals surface area (Å²) in [6.45, 7) is 1.85. The maximum Gasteiger partial charge on any atom is 0.261 e. The van der Waals surface area contributed by atoms with Gasteiger partial charge < -0.3 is 15.4 Å². The van der Waals surface area contributed by atoms with Gasteiger partial charge in [-0.25, -0.2) is 8.42 Å². The molecule has 1 heterocycles. The summed E-state index contributed by atoms with van der Waals surface area (Å²) in [5.41, 5.74) is 0.910. The molecule has 146 valence electrons. The number of amides is 1.